The van der Waals surface area contributed by atoms with E-state index in [-0.39, 0.29) is 0 Å². The average molecular weight is 304 g/mol. The van der Waals surface area contributed by atoms with Crippen LogP contribution in [0.2, 0.25) is 10.0 Å². The minimum absolute atomic E-state index is 0.374. The van der Waals surface area contributed by atoms with Crippen molar-refractivity contribution < 1.29 is 9.84 Å². The van der Waals surface area contributed by atoms with Gasteiger partial charge in [0.15, 0.2) is 0 Å². The van der Waals surface area contributed by atoms with E-state index >= 15 is 0 Å². The fraction of sp³-hybridized carbons (Fsp3) is 0.571. The minimum atomic E-state index is -0.643. The molecule has 1 aromatic rings. The summed E-state index contributed by atoms with van der Waals surface area (Å²) in [7, 11) is 0. The molecule has 1 aliphatic rings. The SMILES string of the molecule is OC(CNCCC1CCCO1)c1cc(Cl)ccc1Cl. The number of nitrogens with one attached hydrogen (secondary N) is 1. The normalized spacial score (nSPS) is 20.7. The van der Waals surface area contributed by atoms with E-state index in [0.717, 1.165) is 32.4 Å². The molecule has 2 atom stereocenters. The summed E-state index contributed by atoms with van der Waals surface area (Å²) in [6, 6.07) is 5.12. The number of halogens is 2. The molecule has 0 aliphatic carbocycles. The molecule has 2 unspecified atom stereocenters. The number of aliphatic hydroxyl groups excluding tert-OH is 1. The van der Waals surface area contributed by atoms with Gasteiger partial charge >= 0.3 is 0 Å². The van der Waals surface area contributed by atoms with Crippen molar-refractivity contribution >= 4 is 23.2 Å². The maximum absolute atomic E-state index is 10.1. The Hall–Kier alpha value is -0.320. The second-order valence-corrected chi connectivity index (χ2v) is 5.65. The molecule has 1 aliphatic heterocycles. The molecule has 1 fully saturated rings. The van der Waals surface area contributed by atoms with Gasteiger partial charge in [0.25, 0.3) is 0 Å². The molecule has 0 spiro atoms. The van der Waals surface area contributed by atoms with Crippen molar-refractivity contribution in [3.05, 3.63) is 33.8 Å². The summed E-state index contributed by atoms with van der Waals surface area (Å²) in [5.41, 5.74) is 0.666. The van der Waals surface area contributed by atoms with Gasteiger partial charge in [0, 0.05) is 28.8 Å². The first-order valence-electron chi connectivity index (χ1n) is 6.62. The van der Waals surface area contributed by atoms with Crippen LogP contribution in [-0.4, -0.2) is 30.9 Å². The van der Waals surface area contributed by atoms with Crippen molar-refractivity contribution in [2.45, 2.75) is 31.5 Å². The van der Waals surface area contributed by atoms with E-state index in [0.29, 0.717) is 28.3 Å². The van der Waals surface area contributed by atoms with Crippen LogP contribution >= 0.6 is 23.2 Å². The molecule has 0 bridgehead atoms. The Kier molecular flexibility index (Phi) is 5.92. The van der Waals surface area contributed by atoms with Crippen LogP contribution in [0.5, 0.6) is 0 Å². The molecule has 1 heterocycles. The molecule has 3 nitrogen and oxygen atoms in total. The largest absolute Gasteiger partial charge is 0.387 e. The lowest BCUT2D eigenvalue weighted by Gasteiger charge is -2.15. The first kappa shape index (κ1) is 15.1. The fourth-order valence-corrected chi connectivity index (χ4v) is 2.68. The van der Waals surface area contributed by atoms with E-state index in [4.69, 9.17) is 27.9 Å². The van der Waals surface area contributed by atoms with E-state index in [1.807, 2.05) is 0 Å². The number of rotatable bonds is 6. The van der Waals surface area contributed by atoms with Crippen LogP contribution in [0.4, 0.5) is 0 Å². The third kappa shape index (κ3) is 4.62. The van der Waals surface area contributed by atoms with Crippen molar-refractivity contribution in [1.29, 1.82) is 0 Å². The van der Waals surface area contributed by atoms with Gasteiger partial charge in [0.2, 0.25) is 0 Å². The standard InChI is InChI=1S/C14H19Cl2NO2/c15-10-3-4-13(16)12(8-10)14(18)9-17-6-5-11-2-1-7-19-11/h3-4,8,11,14,17-18H,1-2,5-7,9H2. The van der Waals surface area contributed by atoms with Crippen LogP contribution in [0.15, 0.2) is 18.2 Å². The van der Waals surface area contributed by atoms with Crippen LogP contribution in [-0.2, 0) is 4.74 Å². The maximum atomic E-state index is 10.1. The van der Waals surface area contributed by atoms with Gasteiger partial charge in [0.05, 0.1) is 12.2 Å². The quantitative estimate of drug-likeness (QED) is 0.793. The number of hydrogen-bond acceptors (Lipinski definition) is 3. The molecule has 0 aromatic heterocycles. The maximum Gasteiger partial charge on any atom is 0.0929 e. The molecule has 19 heavy (non-hydrogen) atoms. The summed E-state index contributed by atoms with van der Waals surface area (Å²) < 4.78 is 5.54. The predicted octanol–water partition coefficient (Wildman–Crippen LogP) is 3.19. The van der Waals surface area contributed by atoms with E-state index in [2.05, 4.69) is 5.32 Å². The first-order chi connectivity index (χ1) is 9.16. The summed E-state index contributed by atoms with van der Waals surface area (Å²) >= 11 is 11.9. The third-order valence-electron chi connectivity index (χ3n) is 3.32. The summed E-state index contributed by atoms with van der Waals surface area (Å²) in [4.78, 5) is 0. The number of hydrogen-bond donors (Lipinski definition) is 2. The first-order valence-corrected chi connectivity index (χ1v) is 7.38. The Labute approximate surface area is 123 Å². The molecule has 0 amide bonds. The Morgan fingerprint density at radius 2 is 2.26 bits per heavy atom. The molecular formula is C14H19Cl2NO2. The smallest absolute Gasteiger partial charge is 0.0929 e. The van der Waals surface area contributed by atoms with Crippen LogP contribution in [0.1, 0.15) is 30.9 Å². The monoisotopic (exact) mass is 303 g/mol. The lowest BCUT2D eigenvalue weighted by molar-refractivity contribution is 0.102. The zero-order valence-electron chi connectivity index (χ0n) is 10.7. The number of aliphatic hydroxyl groups is 1. The van der Waals surface area contributed by atoms with E-state index in [9.17, 15) is 5.11 Å². The molecule has 2 N–H and O–H groups in total. The van der Waals surface area contributed by atoms with E-state index in [1.54, 1.807) is 18.2 Å². The topological polar surface area (TPSA) is 41.5 Å². The van der Waals surface area contributed by atoms with Crippen molar-refractivity contribution in [3.63, 3.8) is 0 Å². The van der Waals surface area contributed by atoms with Gasteiger partial charge in [-0.25, -0.2) is 0 Å². The third-order valence-corrected chi connectivity index (χ3v) is 3.90. The van der Waals surface area contributed by atoms with Gasteiger partial charge in [-0.2, -0.15) is 0 Å². The van der Waals surface area contributed by atoms with Gasteiger partial charge in [-0.05, 0) is 44.0 Å². The molecule has 106 valence electrons. The molecular weight excluding hydrogens is 285 g/mol. The fourth-order valence-electron chi connectivity index (χ4n) is 2.25. The summed E-state index contributed by atoms with van der Waals surface area (Å²) in [6.45, 7) is 2.18. The molecule has 2 rings (SSSR count). The van der Waals surface area contributed by atoms with Gasteiger partial charge in [-0.15, -0.1) is 0 Å². The molecule has 0 radical (unpaired) electrons. The number of ether oxygens (including phenoxy) is 1. The van der Waals surface area contributed by atoms with Crippen LogP contribution in [0.25, 0.3) is 0 Å². The lowest BCUT2D eigenvalue weighted by atomic mass is 10.1. The Morgan fingerprint density at radius 3 is 3.00 bits per heavy atom. The van der Waals surface area contributed by atoms with Crippen molar-refractivity contribution in [2.24, 2.45) is 0 Å². The summed E-state index contributed by atoms with van der Waals surface area (Å²) in [5.74, 6) is 0. The van der Waals surface area contributed by atoms with Crippen LogP contribution < -0.4 is 5.32 Å². The van der Waals surface area contributed by atoms with Crippen molar-refractivity contribution in [3.8, 4) is 0 Å². The van der Waals surface area contributed by atoms with Crippen molar-refractivity contribution in [2.75, 3.05) is 19.7 Å². The zero-order valence-corrected chi connectivity index (χ0v) is 12.3. The van der Waals surface area contributed by atoms with Crippen LogP contribution in [0, 0.1) is 0 Å². The van der Waals surface area contributed by atoms with E-state index < -0.39 is 6.10 Å². The van der Waals surface area contributed by atoms with Gasteiger partial charge in [0.1, 0.15) is 0 Å². The zero-order chi connectivity index (χ0) is 13.7. The van der Waals surface area contributed by atoms with Gasteiger partial charge in [-0.1, -0.05) is 23.2 Å². The minimum Gasteiger partial charge on any atom is -0.387 e. The molecule has 0 saturated carbocycles. The van der Waals surface area contributed by atoms with Crippen molar-refractivity contribution in [1.82, 2.24) is 5.32 Å². The summed E-state index contributed by atoms with van der Waals surface area (Å²) in [5, 5.41) is 14.4. The Balaban J connectivity index is 1.74. The number of benzene rings is 1. The highest BCUT2D eigenvalue weighted by molar-refractivity contribution is 6.33. The lowest BCUT2D eigenvalue weighted by Crippen LogP contribution is -2.25. The van der Waals surface area contributed by atoms with E-state index in [1.165, 1.54) is 0 Å². The molecule has 1 saturated heterocycles. The molecule has 5 heteroatoms. The Morgan fingerprint density at radius 1 is 1.42 bits per heavy atom. The highest BCUT2D eigenvalue weighted by Gasteiger charge is 2.15. The highest BCUT2D eigenvalue weighted by atomic mass is 35.5. The molecule has 1 aromatic carbocycles. The van der Waals surface area contributed by atoms with Crippen LogP contribution in [0.3, 0.4) is 0 Å². The summed E-state index contributed by atoms with van der Waals surface area (Å²) in [6.07, 6.45) is 3.02. The predicted molar refractivity (Wildman–Crippen MR) is 77.9 cm³/mol. The highest BCUT2D eigenvalue weighted by Crippen LogP contribution is 2.26. The second kappa shape index (κ2) is 7.46. The second-order valence-electron chi connectivity index (χ2n) is 4.81. The van der Waals surface area contributed by atoms with Gasteiger partial charge < -0.3 is 15.2 Å². The average Bonchev–Trinajstić information content (AvgIpc) is 2.90. The Bertz CT molecular complexity index is 408. The van der Waals surface area contributed by atoms with Gasteiger partial charge in [-0.3, -0.25) is 0 Å².